The molecule has 1 aliphatic rings. The van der Waals surface area contributed by atoms with Crippen molar-refractivity contribution in [2.75, 3.05) is 6.61 Å². The molecule has 0 saturated carbocycles. The molecule has 3 aromatic carbocycles. The van der Waals surface area contributed by atoms with Crippen LogP contribution < -0.4 is 0 Å². The van der Waals surface area contributed by atoms with Crippen LogP contribution in [-0.2, 0) is 15.7 Å². The fourth-order valence-corrected chi connectivity index (χ4v) is 4.57. The number of hydrogen-bond donors (Lipinski definition) is 0. The lowest BCUT2D eigenvalue weighted by molar-refractivity contribution is -0.147. The van der Waals surface area contributed by atoms with Crippen LogP contribution in [0.25, 0.3) is 5.70 Å². The predicted molar refractivity (Wildman–Crippen MR) is 132 cm³/mol. The zero-order chi connectivity index (χ0) is 25.9. The molecule has 0 aliphatic carbocycles. The van der Waals surface area contributed by atoms with Crippen LogP contribution in [0, 0.1) is 5.92 Å². The monoisotopic (exact) mass is 491 g/mol. The highest BCUT2D eigenvalue weighted by Crippen LogP contribution is 2.47. The Bertz CT molecular complexity index is 1330. The summed E-state index contributed by atoms with van der Waals surface area (Å²) in [6.45, 7) is 3.23. The third-order valence-electron chi connectivity index (χ3n) is 6.11. The largest absolute Gasteiger partial charge is 0.465 e. The van der Waals surface area contributed by atoms with Crippen molar-refractivity contribution >= 4 is 23.2 Å². The molecule has 4 nitrogen and oxygen atoms in total. The van der Waals surface area contributed by atoms with Crippen LogP contribution >= 0.6 is 0 Å². The molecule has 184 valence electrons. The van der Waals surface area contributed by atoms with Crippen molar-refractivity contribution < 1.29 is 27.5 Å². The van der Waals surface area contributed by atoms with E-state index >= 15 is 0 Å². The number of aliphatic imine (C=N–C) groups is 1. The third kappa shape index (κ3) is 4.87. The smallest absolute Gasteiger partial charge is 0.416 e. The van der Waals surface area contributed by atoms with Gasteiger partial charge in [-0.15, -0.1) is 0 Å². The number of allylic oxidation sites excluding steroid dienone is 1. The summed E-state index contributed by atoms with van der Waals surface area (Å²) < 4.78 is 47.9. The zero-order valence-corrected chi connectivity index (χ0v) is 19.8. The zero-order valence-electron chi connectivity index (χ0n) is 19.8. The number of esters is 1. The van der Waals surface area contributed by atoms with Crippen molar-refractivity contribution in [2.45, 2.75) is 25.9 Å². The highest BCUT2D eigenvalue weighted by Gasteiger charge is 2.46. The molecule has 2 unspecified atom stereocenters. The molecule has 0 aromatic heterocycles. The van der Waals surface area contributed by atoms with Gasteiger partial charge in [0.15, 0.2) is 5.78 Å². The number of carbonyl (C=O) groups is 2. The maximum Gasteiger partial charge on any atom is 0.416 e. The van der Waals surface area contributed by atoms with E-state index in [-0.39, 0.29) is 34.7 Å². The van der Waals surface area contributed by atoms with Crippen molar-refractivity contribution in [3.8, 4) is 0 Å². The molecule has 0 radical (unpaired) electrons. The summed E-state index contributed by atoms with van der Waals surface area (Å²) in [4.78, 5) is 31.8. The van der Waals surface area contributed by atoms with E-state index in [0.717, 1.165) is 6.07 Å². The van der Waals surface area contributed by atoms with Gasteiger partial charge in [-0.3, -0.25) is 14.6 Å². The maximum atomic E-state index is 14.2. The molecule has 0 fully saturated rings. The highest BCUT2D eigenvalue weighted by molar-refractivity contribution is 6.18. The number of ketones is 1. The number of carbonyl (C=O) groups excluding carboxylic acids is 2. The summed E-state index contributed by atoms with van der Waals surface area (Å²) in [6.07, 6.45) is -4.70. The van der Waals surface area contributed by atoms with E-state index in [1.165, 1.54) is 18.2 Å². The van der Waals surface area contributed by atoms with E-state index in [9.17, 15) is 22.8 Å². The Hall–Kier alpha value is -4.00. The highest BCUT2D eigenvalue weighted by atomic mass is 19.4. The first-order valence-corrected chi connectivity index (χ1v) is 11.5. The number of hydrogen-bond acceptors (Lipinski definition) is 4. The van der Waals surface area contributed by atoms with Gasteiger partial charge in [0.25, 0.3) is 0 Å². The van der Waals surface area contributed by atoms with Gasteiger partial charge >= 0.3 is 12.1 Å². The number of rotatable bonds is 6. The predicted octanol–water partition coefficient (Wildman–Crippen LogP) is 6.74. The molecule has 1 aliphatic heterocycles. The van der Waals surface area contributed by atoms with Crippen molar-refractivity contribution in [3.05, 3.63) is 113 Å². The molecule has 0 spiro atoms. The second-order valence-electron chi connectivity index (χ2n) is 8.37. The molecule has 4 rings (SSSR count). The van der Waals surface area contributed by atoms with E-state index in [2.05, 4.69) is 4.99 Å². The summed E-state index contributed by atoms with van der Waals surface area (Å²) in [7, 11) is 0. The number of benzene rings is 3. The lowest BCUT2D eigenvalue weighted by Crippen LogP contribution is -2.37. The summed E-state index contributed by atoms with van der Waals surface area (Å²) >= 11 is 0. The van der Waals surface area contributed by atoms with Crippen molar-refractivity contribution in [1.29, 1.82) is 0 Å². The van der Waals surface area contributed by atoms with Gasteiger partial charge in [-0.2, -0.15) is 13.2 Å². The molecule has 1 heterocycles. The Morgan fingerprint density at radius 3 is 2.08 bits per heavy atom. The van der Waals surface area contributed by atoms with Crippen LogP contribution in [0.15, 0.2) is 95.5 Å². The first-order valence-electron chi connectivity index (χ1n) is 11.5. The number of ether oxygens (including phenoxy) is 1. The molecule has 36 heavy (non-hydrogen) atoms. The van der Waals surface area contributed by atoms with Gasteiger partial charge in [0.1, 0.15) is 5.92 Å². The van der Waals surface area contributed by atoms with Crippen molar-refractivity contribution in [3.63, 3.8) is 0 Å². The Morgan fingerprint density at radius 1 is 0.889 bits per heavy atom. The Kier molecular flexibility index (Phi) is 7.20. The summed E-state index contributed by atoms with van der Waals surface area (Å²) in [6, 6.07) is 22.1. The number of halogens is 3. The van der Waals surface area contributed by atoms with Crippen LogP contribution in [0.4, 0.5) is 13.2 Å². The molecule has 3 aromatic rings. The summed E-state index contributed by atoms with van der Waals surface area (Å²) in [5.74, 6) is -3.70. The van der Waals surface area contributed by atoms with Gasteiger partial charge in [-0.1, -0.05) is 78.9 Å². The van der Waals surface area contributed by atoms with E-state index in [4.69, 9.17) is 4.74 Å². The maximum absolute atomic E-state index is 14.2. The molecule has 2 atom stereocenters. The fourth-order valence-electron chi connectivity index (χ4n) is 4.57. The first-order chi connectivity index (χ1) is 17.2. The van der Waals surface area contributed by atoms with E-state index < -0.39 is 35.3 Å². The fraction of sp³-hybridized carbons (Fsp3) is 0.207. The van der Waals surface area contributed by atoms with Crippen molar-refractivity contribution in [1.82, 2.24) is 0 Å². The number of alkyl halides is 3. The molecular formula is C29H24F3NO3. The lowest BCUT2D eigenvalue weighted by atomic mass is 9.71. The minimum atomic E-state index is -4.70. The van der Waals surface area contributed by atoms with Gasteiger partial charge in [-0.05, 0) is 25.5 Å². The SMILES string of the molecule is CCOC(=O)C1C(C)=NC(c2ccccc2)=C(C(=O)c2ccccc2)C1c1ccccc1C(F)(F)F. The summed E-state index contributed by atoms with van der Waals surface area (Å²) in [5.41, 5.74) is 0.298. The van der Waals surface area contributed by atoms with Gasteiger partial charge in [0.05, 0.1) is 17.9 Å². The number of Topliss-reactive ketones (excluding diaryl/α,β-unsaturated/α-hetero) is 1. The van der Waals surface area contributed by atoms with Gasteiger partial charge in [-0.25, -0.2) is 0 Å². The van der Waals surface area contributed by atoms with Crippen LogP contribution in [0.5, 0.6) is 0 Å². The second kappa shape index (κ2) is 10.3. The minimum Gasteiger partial charge on any atom is -0.465 e. The normalized spacial score (nSPS) is 18.0. The van der Waals surface area contributed by atoms with Crippen LogP contribution in [-0.4, -0.2) is 24.1 Å². The van der Waals surface area contributed by atoms with Crippen LogP contribution in [0.3, 0.4) is 0 Å². The lowest BCUT2D eigenvalue weighted by Gasteiger charge is -2.34. The van der Waals surface area contributed by atoms with E-state index in [0.29, 0.717) is 5.56 Å². The average Bonchev–Trinajstić information content (AvgIpc) is 2.88. The Balaban J connectivity index is 2.08. The first kappa shape index (κ1) is 25.1. The average molecular weight is 492 g/mol. The quantitative estimate of drug-likeness (QED) is 0.284. The molecule has 0 N–H and O–H groups in total. The molecular weight excluding hydrogens is 467 g/mol. The van der Waals surface area contributed by atoms with Crippen LogP contribution in [0.1, 0.15) is 46.8 Å². The molecule has 0 amide bonds. The van der Waals surface area contributed by atoms with E-state index in [1.54, 1.807) is 74.5 Å². The van der Waals surface area contributed by atoms with Gasteiger partial charge in [0.2, 0.25) is 0 Å². The number of nitrogens with zero attached hydrogens (tertiary/aromatic N) is 1. The van der Waals surface area contributed by atoms with Crippen molar-refractivity contribution in [2.24, 2.45) is 10.9 Å². The molecule has 7 heteroatoms. The standard InChI is InChI=1S/C29H24F3NO3/c1-3-36-28(35)23-18(2)33-26(19-12-6-4-7-13-19)25(27(34)20-14-8-5-9-15-20)24(23)21-16-10-11-17-22(21)29(30,31)32/h4-17,23-24H,3H2,1-2H3. The van der Waals surface area contributed by atoms with Gasteiger partial charge in [0, 0.05) is 28.3 Å². The molecule has 0 saturated heterocycles. The van der Waals surface area contributed by atoms with Gasteiger partial charge < -0.3 is 4.74 Å². The van der Waals surface area contributed by atoms with Crippen LogP contribution in [0.2, 0.25) is 0 Å². The Labute approximate surface area is 207 Å². The van der Waals surface area contributed by atoms with E-state index in [1.807, 2.05) is 0 Å². The minimum absolute atomic E-state index is 0.0211. The second-order valence-corrected chi connectivity index (χ2v) is 8.37. The summed E-state index contributed by atoms with van der Waals surface area (Å²) in [5, 5.41) is 0. The third-order valence-corrected chi connectivity index (χ3v) is 6.11. The molecule has 0 bridgehead atoms. The Morgan fingerprint density at radius 2 is 1.47 bits per heavy atom. The topological polar surface area (TPSA) is 55.7 Å².